The van der Waals surface area contributed by atoms with Gasteiger partial charge in [-0.1, -0.05) is 6.42 Å². The van der Waals surface area contributed by atoms with Crippen LogP contribution in [0.15, 0.2) is 10.8 Å². The summed E-state index contributed by atoms with van der Waals surface area (Å²) < 4.78 is 2.63. The van der Waals surface area contributed by atoms with E-state index in [9.17, 15) is 9.90 Å². The molecule has 1 saturated carbocycles. The molecule has 5 heteroatoms. The highest BCUT2D eigenvalue weighted by atomic mass is 79.9. The van der Waals surface area contributed by atoms with E-state index in [1.54, 1.807) is 6.20 Å². The summed E-state index contributed by atoms with van der Waals surface area (Å²) in [5.74, 6) is -0.734. The zero-order chi connectivity index (χ0) is 11.9. The first-order valence-corrected chi connectivity index (χ1v) is 6.25. The number of nitrogens with zero attached hydrogens (tertiary/aromatic N) is 2. The van der Waals surface area contributed by atoms with Crippen LogP contribution in [0.3, 0.4) is 0 Å². The summed E-state index contributed by atoms with van der Waals surface area (Å²) in [6, 6.07) is 0.231. The van der Waals surface area contributed by atoms with Crippen molar-refractivity contribution in [2.45, 2.75) is 44.6 Å². The molecule has 1 N–H and O–H groups in total. The SMILES string of the molecule is CC(C)n1ncc(C2(C(=O)O)CCC2)c1Br. The van der Waals surface area contributed by atoms with Gasteiger partial charge >= 0.3 is 5.97 Å². The molecule has 88 valence electrons. The van der Waals surface area contributed by atoms with Gasteiger partial charge in [-0.15, -0.1) is 0 Å². The molecule has 0 aromatic carbocycles. The second-order valence-electron chi connectivity index (χ2n) is 4.63. The molecule has 1 fully saturated rings. The Bertz CT molecular complexity index is 422. The quantitative estimate of drug-likeness (QED) is 0.930. The fraction of sp³-hybridized carbons (Fsp3) is 0.636. The molecule has 16 heavy (non-hydrogen) atoms. The van der Waals surface area contributed by atoms with Gasteiger partial charge in [0.1, 0.15) is 4.60 Å². The molecule has 0 spiro atoms. The number of aromatic nitrogens is 2. The lowest BCUT2D eigenvalue weighted by molar-refractivity contribution is -0.147. The molecule has 1 heterocycles. The standard InChI is InChI=1S/C11H15BrN2O2/c1-7(2)14-9(12)8(6-13-14)11(10(15)16)4-3-5-11/h6-7H,3-5H2,1-2H3,(H,15,16). The minimum Gasteiger partial charge on any atom is -0.481 e. The zero-order valence-corrected chi connectivity index (χ0v) is 11.0. The van der Waals surface area contributed by atoms with Crippen LogP contribution in [-0.4, -0.2) is 20.9 Å². The maximum atomic E-state index is 11.4. The maximum Gasteiger partial charge on any atom is 0.314 e. The molecule has 0 amide bonds. The normalized spacial score (nSPS) is 18.5. The molecule has 2 rings (SSSR count). The monoisotopic (exact) mass is 286 g/mol. The van der Waals surface area contributed by atoms with Crippen LogP contribution in [0.25, 0.3) is 0 Å². The smallest absolute Gasteiger partial charge is 0.314 e. The van der Waals surface area contributed by atoms with Crippen molar-refractivity contribution in [2.24, 2.45) is 0 Å². The van der Waals surface area contributed by atoms with Crippen molar-refractivity contribution in [3.8, 4) is 0 Å². The summed E-state index contributed by atoms with van der Waals surface area (Å²) in [7, 11) is 0. The third-order valence-corrected chi connectivity index (χ3v) is 4.15. The first-order chi connectivity index (χ1) is 7.49. The summed E-state index contributed by atoms with van der Waals surface area (Å²) in [6.07, 6.45) is 4.10. The predicted octanol–water partition coefficient (Wildman–Crippen LogP) is 2.73. The van der Waals surface area contributed by atoms with Gasteiger partial charge in [0.05, 0.1) is 11.6 Å². The number of hydrogen-bond donors (Lipinski definition) is 1. The molecule has 1 aliphatic rings. The van der Waals surface area contributed by atoms with E-state index in [0.717, 1.165) is 16.6 Å². The van der Waals surface area contributed by atoms with E-state index in [1.165, 1.54) is 0 Å². The predicted molar refractivity (Wildman–Crippen MR) is 63.5 cm³/mol. The summed E-state index contributed by atoms with van der Waals surface area (Å²) in [4.78, 5) is 11.4. The lowest BCUT2D eigenvalue weighted by atomic mass is 9.65. The number of hydrogen-bond acceptors (Lipinski definition) is 2. The van der Waals surface area contributed by atoms with Crippen molar-refractivity contribution in [2.75, 3.05) is 0 Å². The Kier molecular flexibility index (Phi) is 2.82. The summed E-state index contributed by atoms with van der Waals surface area (Å²) in [6.45, 7) is 4.05. The molecule has 4 nitrogen and oxygen atoms in total. The van der Waals surface area contributed by atoms with Crippen molar-refractivity contribution in [3.63, 3.8) is 0 Å². The number of rotatable bonds is 3. The van der Waals surface area contributed by atoms with E-state index >= 15 is 0 Å². The minimum absolute atomic E-state index is 0.231. The van der Waals surface area contributed by atoms with E-state index in [4.69, 9.17) is 0 Å². The van der Waals surface area contributed by atoms with Crippen molar-refractivity contribution in [1.82, 2.24) is 9.78 Å². The number of carboxylic acid groups (broad SMARTS) is 1. The van der Waals surface area contributed by atoms with Crippen molar-refractivity contribution >= 4 is 21.9 Å². The first-order valence-electron chi connectivity index (χ1n) is 5.46. The summed E-state index contributed by atoms with van der Waals surface area (Å²) in [5.41, 5.74) is 0.117. The fourth-order valence-corrected chi connectivity index (χ4v) is 3.14. The summed E-state index contributed by atoms with van der Waals surface area (Å²) in [5, 5.41) is 13.6. The topological polar surface area (TPSA) is 55.1 Å². The van der Waals surface area contributed by atoms with Crippen LogP contribution >= 0.6 is 15.9 Å². The van der Waals surface area contributed by atoms with Gasteiger partial charge in [-0.2, -0.15) is 5.10 Å². The van der Waals surface area contributed by atoms with Gasteiger partial charge in [0.25, 0.3) is 0 Å². The molecule has 0 aliphatic heterocycles. The highest BCUT2D eigenvalue weighted by Gasteiger charge is 2.48. The Morgan fingerprint density at radius 2 is 2.25 bits per heavy atom. The Hall–Kier alpha value is -0.840. The van der Waals surface area contributed by atoms with E-state index in [1.807, 2.05) is 18.5 Å². The molecule has 1 aliphatic carbocycles. The fourth-order valence-electron chi connectivity index (χ4n) is 2.16. The van der Waals surface area contributed by atoms with E-state index in [-0.39, 0.29) is 6.04 Å². The van der Waals surface area contributed by atoms with Crippen LogP contribution in [0.2, 0.25) is 0 Å². The molecule has 1 aromatic heterocycles. The number of halogens is 1. The molecule has 0 radical (unpaired) electrons. The van der Waals surface area contributed by atoms with E-state index < -0.39 is 11.4 Å². The lowest BCUT2D eigenvalue weighted by Crippen LogP contribution is -2.42. The average molecular weight is 287 g/mol. The first kappa shape index (κ1) is 11.6. The molecular weight excluding hydrogens is 272 g/mol. The molecule has 0 saturated heterocycles. The van der Waals surface area contributed by atoms with Crippen molar-refractivity contribution in [3.05, 3.63) is 16.4 Å². The Balaban J connectivity index is 2.44. The Morgan fingerprint density at radius 1 is 1.62 bits per heavy atom. The number of carbonyl (C=O) groups is 1. The minimum atomic E-state index is -0.734. The van der Waals surface area contributed by atoms with Crippen molar-refractivity contribution in [1.29, 1.82) is 0 Å². The summed E-state index contributed by atoms with van der Waals surface area (Å²) >= 11 is 3.47. The van der Waals surface area contributed by atoms with Crippen LogP contribution in [0.5, 0.6) is 0 Å². The van der Waals surface area contributed by atoms with Crippen LogP contribution in [0, 0.1) is 0 Å². The van der Waals surface area contributed by atoms with Crippen LogP contribution in [0.1, 0.15) is 44.7 Å². The second kappa shape index (κ2) is 3.87. The highest BCUT2D eigenvalue weighted by molar-refractivity contribution is 9.10. The van der Waals surface area contributed by atoms with Crippen LogP contribution in [-0.2, 0) is 10.2 Å². The van der Waals surface area contributed by atoms with Crippen LogP contribution in [0.4, 0.5) is 0 Å². The molecule has 1 aromatic rings. The number of carboxylic acids is 1. The zero-order valence-electron chi connectivity index (χ0n) is 9.40. The Morgan fingerprint density at radius 3 is 2.56 bits per heavy atom. The second-order valence-corrected chi connectivity index (χ2v) is 5.38. The van der Waals surface area contributed by atoms with Gasteiger partial charge in [-0.25, -0.2) is 0 Å². The molecule has 0 bridgehead atoms. The van der Waals surface area contributed by atoms with Gasteiger partial charge < -0.3 is 5.11 Å². The van der Waals surface area contributed by atoms with Gasteiger partial charge in [0.15, 0.2) is 0 Å². The lowest BCUT2D eigenvalue weighted by Gasteiger charge is -2.37. The highest BCUT2D eigenvalue weighted by Crippen LogP contribution is 2.46. The largest absolute Gasteiger partial charge is 0.481 e. The van der Waals surface area contributed by atoms with Gasteiger partial charge in [-0.3, -0.25) is 9.48 Å². The van der Waals surface area contributed by atoms with E-state index in [2.05, 4.69) is 21.0 Å². The third-order valence-electron chi connectivity index (χ3n) is 3.36. The van der Waals surface area contributed by atoms with Gasteiger partial charge in [-0.05, 0) is 42.6 Å². The molecular formula is C11H15BrN2O2. The molecule has 0 unspecified atom stereocenters. The van der Waals surface area contributed by atoms with Crippen molar-refractivity contribution < 1.29 is 9.90 Å². The van der Waals surface area contributed by atoms with Gasteiger partial charge in [0, 0.05) is 11.6 Å². The van der Waals surface area contributed by atoms with E-state index in [0.29, 0.717) is 12.8 Å². The maximum absolute atomic E-state index is 11.4. The van der Waals surface area contributed by atoms with Gasteiger partial charge in [0.2, 0.25) is 0 Å². The molecule has 0 atom stereocenters. The third kappa shape index (κ3) is 1.49. The average Bonchev–Trinajstić information content (AvgIpc) is 2.46. The Labute approximate surface area is 103 Å². The number of aliphatic carboxylic acids is 1. The van der Waals surface area contributed by atoms with Crippen LogP contribution < -0.4 is 0 Å².